The molecule has 116 valence electrons. The lowest BCUT2D eigenvalue weighted by atomic mass is 9.68. The summed E-state index contributed by atoms with van der Waals surface area (Å²) in [6.45, 7) is 1.90. The summed E-state index contributed by atoms with van der Waals surface area (Å²) in [5, 5.41) is 0. The lowest BCUT2D eigenvalue weighted by molar-refractivity contribution is -0.131. The van der Waals surface area contributed by atoms with Crippen molar-refractivity contribution in [3.05, 3.63) is 29.8 Å². The van der Waals surface area contributed by atoms with Crippen molar-refractivity contribution in [3.8, 4) is 0 Å². The van der Waals surface area contributed by atoms with E-state index in [9.17, 15) is 26.4 Å². The Morgan fingerprint density at radius 3 is 2.19 bits per heavy atom. The number of Topliss-reactive ketones (excluding diaryl/α,β-unsaturated/α-hetero) is 1. The largest absolute Gasteiger partial charge is 0.403 e. The van der Waals surface area contributed by atoms with Crippen molar-refractivity contribution in [1.82, 2.24) is 0 Å². The van der Waals surface area contributed by atoms with Crippen molar-refractivity contribution in [2.24, 2.45) is 5.92 Å². The lowest BCUT2D eigenvalue weighted by Crippen LogP contribution is -2.34. The number of sulfone groups is 1. The normalized spacial score (nSPS) is 23.0. The zero-order valence-electron chi connectivity index (χ0n) is 11.4. The molecule has 1 aromatic carbocycles. The number of rotatable bonds is 4. The highest BCUT2D eigenvalue weighted by Crippen LogP contribution is 2.41. The maximum absolute atomic E-state index is 12.2. The minimum atomic E-state index is -4.76. The second kappa shape index (κ2) is 5.44. The van der Waals surface area contributed by atoms with Gasteiger partial charge in [-0.3, -0.25) is 4.79 Å². The number of carbonyl (C=O) groups is 1. The van der Waals surface area contributed by atoms with Gasteiger partial charge in [-0.05, 0) is 24.1 Å². The van der Waals surface area contributed by atoms with Gasteiger partial charge in [0.25, 0.3) is 0 Å². The first-order chi connectivity index (χ1) is 9.64. The van der Waals surface area contributed by atoms with Gasteiger partial charge in [-0.15, -0.1) is 0 Å². The maximum Gasteiger partial charge on any atom is 0.403 e. The second-order valence-electron chi connectivity index (χ2n) is 5.23. The van der Waals surface area contributed by atoms with E-state index in [1.165, 1.54) is 24.3 Å². The van der Waals surface area contributed by atoms with Crippen LogP contribution in [0, 0.1) is 5.92 Å². The van der Waals surface area contributed by atoms with Gasteiger partial charge in [-0.1, -0.05) is 19.1 Å². The summed E-state index contributed by atoms with van der Waals surface area (Å²) in [6, 6.07) is 5.38. The molecule has 2 unspecified atom stereocenters. The van der Waals surface area contributed by atoms with Crippen molar-refractivity contribution in [3.63, 3.8) is 0 Å². The van der Waals surface area contributed by atoms with Crippen molar-refractivity contribution in [2.75, 3.05) is 5.75 Å². The van der Waals surface area contributed by atoms with Crippen LogP contribution >= 0.6 is 0 Å². The highest BCUT2D eigenvalue weighted by Gasteiger charge is 2.39. The molecule has 0 heterocycles. The molecule has 1 saturated carbocycles. The summed E-state index contributed by atoms with van der Waals surface area (Å²) in [5.41, 5.74) is 0.799. The molecule has 1 aliphatic carbocycles. The van der Waals surface area contributed by atoms with Crippen molar-refractivity contribution < 1.29 is 26.4 Å². The summed E-state index contributed by atoms with van der Waals surface area (Å²) < 4.78 is 59.9. The first-order valence-corrected chi connectivity index (χ1v) is 8.21. The molecule has 1 aliphatic rings. The number of carbonyl (C=O) groups excluding carboxylic acids is 1. The molecule has 3 nitrogen and oxygen atoms in total. The molecule has 0 bridgehead atoms. The summed E-state index contributed by atoms with van der Waals surface area (Å²) in [5.74, 6) is -1.71. The summed E-state index contributed by atoms with van der Waals surface area (Å²) in [6.07, 6.45) is -3.64. The van der Waals surface area contributed by atoms with Crippen LogP contribution in [0.25, 0.3) is 0 Å². The molecule has 0 aliphatic heterocycles. The average molecular weight is 320 g/mol. The zero-order chi connectivity index (χ0) is 15.8. The third kappa shape index (κ3) is 3.45. The molecule has 1 aromatic rings. The van der Waals surface area contributed by atoms with Crippen LogP contribution in [0.4, 0.5) is 13.2 Å². The first kappa shape index (κ1) is 16.0. The number of benzene rings is 1. The molecule has 7 heteroatoms. The van der Waals surface area contributed by atoms with Crippen LogP contribution < -0.4 is 0 Å². The molecule has 0 saturated heterocycles. The zero-order valence-corrected chi connectivity index (χ0v) is 12.2. The predicted molar refractivity (Wildman–Crippen MR) is 70.7 cm³/mol. The van der Waals surface area contributed by atoms with Gasteiger partial charge in [0.05, 0.1) is 4.90 Å². The summed E-state index contributed by atoms with van der Waals surface area (Å²) >= 11 is 0. The Balaban J connectivity index is 2.18. The van der Waals surface area contributed by atoms with Gasteiger partial charge in [0.1, 0.15) is 5.78 Å². The molecular weight excluding hydrogens is 305 g/mol. The molecule has 1 fully saturated rings. The van der Waals surface area contributed by atoms with Crippen LogP contribution in [0.15, 0.2) is 29.2 Å². The van der Waals surface area contributed by atoms with Gasteiger partial charge in [-0.25, -0.2) is 8.42 Å². The van der Waals surface area contributed by atoms with Crippen LogP contribution in [0.3, 0.4) is 0 Å². The maximum atomic E-state index is 12.2. The van der Waals surface area contributed by atoms with Gasteiger partial charge >= 0.3 is 6.18 Å². The monoisotopic (exact) mass is 320 g/mol. The molecule has 2 rings (SSSR count). The van der Waals surface area contributed by atoms with Gasteiger partial charge in [-0.2, -0.15) is 13.2 Å². The van der Waals surface area contributed by atoms with Crippen LogP contribution in [0.2, 0.25) is 0 Å². The molecular formula is C14H15F3O3S. The van der Waals surface area contributed by atoms with Gasteiger partial charge in [0.2, 0.25) is 0 Å². The van der Waals surface area contributed by atoms with Crippen LogP contribution in [-0.4, -0.2) is 26.1 Å². The van der Waals surface area contributed by atoms with Crippen molar-refractivity contribution in [1.29, 1.82) is 0 Å². The quantitative estimate of drug-likeness (QED) is 0.856. The Hall–Kier alpha value is -1.37. The van der Waals surface area contributed by atoms with Crippen molar-refractivity contribution >= 4 is 15.6 Å². The smallest absolute Gasteiger partial charge is 0.299 e. The van der Waals surface area contributed by atoms with E-state index in [2.05, 4.69) is 0 Å². The minimum absolute atomic E-state index is 0.0434. The first-order valence-electron chi connectivity index (χ1n) is 6.56. The Morgan fingerprint density at radius 1 is 1.19 bits per heavy atom. The van der Waals surface area contributed by atoms with E-state index < -0.39 is 21.8 Å². The molecule has 0 spiro atoms. The summed E-state index contributed by atoms with van der Waals surface area (Å²) in [4.78, 5) is 11.1. The van der Waals surface area contributed by atoms with E-state index >= 15 is 0 Å². The predicted octanol–water partition coefficient (Wildman–Crippen LogP) is 3.11. The van der Waals surface area contributed by atoms with Crippen LogP contribution in [-0.2, 0) is 14.6 Å². The Labute approximate surface area is 121 Å². The van der Waals surface area contributed by atoms with E-state index in [-0.39, 0.29) is 22.5 Å². The van der Waals surface area contributed by atoms with E-state index in [0.29, 0.717) is 12.8 Å². The number of hydrogen-bond donors (Lipinski definition) is 0. The number of alkyl halides is 3. The van der Waals surface area contributed by atoms with E-state index in [4.69, 9.17) is 0 Å². The fraction of sp³-hybridized carbons (Fsp3) is 0.500. The fourth-order valence-corrected chi connectivity index (χ4v) is 3.81. The van der Waals surface area contributed by atoms with E-state index in [0.717, 1.165) is 5.56 Å². The standard InChI is InChI=1S/C14H15F3O3S/c1-2-11-12(7-13(11)18)9-3-5-10(6-4-9)21(19,20)8-14(15,16)17/h3-6,11-12H,2,7-8H2,1H3. The van der Waals surface area contributed by atoms with Crippen LogP contribution in [0.1, 0.15) is 31.2 Å². The molecule has 0 N–H and O–H groups in total. The number of ketones is 1. The topological polar surface area (TPSA) is 51.2 Å². The van der Waals surface area contributed by atoms with E-state index in [1.807, 2.05) is 6.92 Å². The molecule has 2 atom stereocenters. The van der Waals surface area contributed by atoms with Crippen molar-refractivity contribution in [2.45, 2.75) is 36.8 Å². The number of halogens is 3. The highest BCUT2D eigenvalue weighted by molar-refractivity contribution is 7.91. The third-order valence-electron chi connectivity index (χ3n) is 3.78. The van der Waals surface area contributed by atoms with Gasteiger partial charge < -0.3 is 0 Å². The van der Waals surface area contributed by atoms with Gasteiger partial charge in [0.15, 0.2) is 15.6 Å². The molecule has 0 amide bonds. The average Bonchev–Trinajstić information content (AvgIpc) is 2.33. The van der Waals surface area contributed by atoms with Gasteiger partial charge in [0, 0.05) is 18.3 Å². The third-order valence-corrected chi connectivity index (χ3v) is 5.48. The SMILES string of the molecule is CCC1C(=O)CC1c1ccc(S(=O)(=O)CC(F)(F)F)cc1. The Kier molecular flexibility index (Phi) is 4.15. The summed E-state index contributed by atoms with van der Waals surface area (Å²) in [7, 11) is -4.37. The van der Waals surface area contributed by atoms with E-state index in [1.54, 1.807) is 0 Å². The highest BCUT2D eigenvalue weighted by atomic mass is 32.2. The number of hydrogen-bond acceptors (Lipinski definition) is 3. The molecule has 0 radical (unpaired) electrons. The molecule has 21 heavy (non-hydrogen) atoms. The Morgan fingerprint density at radius 2 is 1.76 bits per heavy atom. The second-order valence-corrected chi connectivity index (χ2v) is 7.22. The van der Waals surface area contributed by atoms with Crippen LogP contribution in [0.5, 0.6) is 0 Å². The minimum Gasteiger partial charge on any atom is -0.299 e. The molecule has 0 aromatic heterocycles. The Bertz CT molecular complexity index is 632. The fourth-order valence-electron chi connectivity index (χ4n) is 2.66. The lowest BCUT2D eigenvalue weighted by Gasteiger charge is -2.34.